The van der Waals surface area contributed by atoms with Crippen LogP contribution in [-0.4, -0.2) is 65.7 Å². The van der Waals surface area contributed by atoms with Crippen molar-refractivity contribution in [1.82, 2.24) is 10.2 Å². The van der Waals surface area contributed by atoms with E-state index in [0.29, 0.717) is 50.1 Å². The van der Waals surface area contributed by atoms with E-state index in [9.17, 15) is 23.4 Å². The minimum atomic E-state index is -4.19. The maximum Gasteiger partial charge on any atom is 0.405 e. The van der Waals surface area contributed by atoms with E-state index in [1.807, 2.05) is 4.90 Å². The molecule has 188 valence electrons. The lowest BCUT2D eigenvalue weighted by Gasteiger charge is -2.45. The quantitative estimate of drug-likeness (QED) is 0.569. The van der Waals surface area contributed by atoms with Crippen molar-refractivity contribution >= 4 is 0 Å². The number of nitrogens with zero attached hydrogens (tertiary/aromatic N) is 1. The summed E-state index contributed by atoms with van der Waals surface area (Å²) in [5.74, 6) is 1.42. The van der Waals surface area contributed by atoms with Gasteiger partial charge in [0.15, 0.2) is 0 Å². The largest absolute Gasteiger partial charge is 0.405 e. The molecule has 1 aliphatic heterocycles. The molecule has 0 aromatic rings. The van der Waals surface area contributed by atoms with E-state index in [0.717, 1.165) is 37.8 Å². The summed E-state index contributed by atoms with van der Waals surface area (Å²) >= 11 is 0. The molecule has 7 atom stereocenters. The highest BCUT2D eigenvalue weighted by Crippen LogP contribution is 2.59. The van der Waals surface area contributed by atoms with Crippen LogP contribution in [0.2, 0.25) is 0 Å². The Labute approximate surface area is 196 Å². The minimum absolute atomic E-state index is 0.0527. The molecule has 3 aliphatic carbocycles. The second kappa shape index (κ2) is 10.00. The third kappa shape index (κ3) is 5.68. The van der Waals surface area contributed by atoms with Crippen LogP contribution in [0.25, 0.3) is 0 Å². The first-order valence-electron chi connectivity index (χ1n) is 12.8. The second-order valence-corrected chi connectivity index (χ2v) is 11.4. The van der Waals surface area contributed by atoms with E-state index in [1.165, 1.54) is 12.0 Å². The highest BCUT2D eigenvalue weighted by Gasteiger charge is 2.51. The average Bonchev–Trinajstić information content (AvgIpc) is 3.09. The first kappa shape index (κ1) is 25.2. The number of aliphatic hydroxyl groups is 2. The Morgan fingerprint density at radius 2 is 1.91 bits per heavy atom. The Bertz CT molecular complexity index is 740. The first-order valence-corrected chi connectivity index (χ1v) is 12.8. The molecular formula is C26H41F3N2O2. The Hall–Kier alpha value is -0.890. The van der Waals surface area contributed by atoms with Crippen LogP contribution >= 0.6 is 0 Å². The van der Waals surface area contributed by atoms with Crippen LogP contribution in [0, 0.1) is 23.2 Å². The summed E-state index contributed by atoms with van der Waals surface area (Å²) < 4.78 is 39.6. The number of rotatable bonds is 4. The van der Waals surface area contributed by atoms with Gasteiger partial charge in [0.25, 0.3) is 0 Å². The van der Waals surface area contributed by atoms with Gasteiger partial charge >= 0.3 is 6.18 Å². The zero-order chi connectivity index (χ0) is 23.8. The van der Waals surface area contributed by atoms with Gasteiger partial charge in [0.05, 0.1) is 12.2 Å². The van der Waals surface area contributed by atoms with Crippen LogP contribution < -0.4 is 5.32 Å². The van der Waals surface area contributed by atoms with Gasteiger partial charge in [-0.15, -0.1) is 0 Å². The predicted octanol–water partition coefficient (Wildman–Crippen LogP) is 4.43. The molecule has 7 heteroatoms. The van der Waals surface area contributed by atoms with Gasteiger partial charge in [-0.05, 0) is 74.5 Å². The SMILES string of the molecule is C[C@H](CN1CCNC(C(F)(F)F)C1)[C@H]1CC[C@H]2/C(=C/C=C3C[C@@H](O)C[C@H](O)C3)CCC[C@]12C. The molecule has 3 N–H and O–H groups in total. The van der Waals surface area contributed by atoms with Gasteiger partial charge < -0.3 is 15.5 Å². The lowest BCUT2D eigenvalue weighted by atomic mass is 9.61. The van der Waals surface area contributed by atoms with Crippen molar-refractivity contribution in [2.45, 2.75) is 89.6 Å². The van der Waals surface area contributed by atoms with Gasteiger partial charge in [-0.25, -0.2) is 0 Å². The zero-order valence-corrected chi connectivity index (χ0v) is 20.1. The number of nitrogens with one attached hydrogen (secondary N) is 1. The van der Waals surface area contributed by atoms with Crippen LogP contribution in [-0.2, 0) is 0 Å². The van der Waals surface area contributed by atoms with Crippen molar-refractivity contribution in [2.75, 3.05) is 26.2 Å². The fourth-order valence-electron chi connectivity index (χ4n) is 7.48. The fraction of sp³-hybridized carbons (Fsp3) is 0.846. The standard InChI is InChI=1S/C26H41F3N2O2/c1-17(15-31-11-10-30-24(16-31)26(27,28)29)22-7-8-23-19(4-3-9-25(22,23)2)6-5-18-12-20(32)14-21(33)13-18/h5-6,17,20-24,30,32-33H,3-4,7-16H2,1-2H3/b19-6+/t17-,20-,21-,22-,23+,24?,25-/m1/s1. The summed E-state index contributed by atoms with van der Waals surface area (Å²) in [4.78, 5) is 2.01. The molecule has 0 spiro atoms. The van der Waals surface area contributed by atoms with Crippen molar-refractivity contribution in [1.29, 1.82) is 0 Å². The Kier molecular flexibility index (Phi) is 7.64. The summed E-state index contributed by atoms with van der Waals surface area (Å²) in [7, 11) is 0. The number of alkyl halides is 3. The molecule has 0 aromatic carbocycles. The molecule has 1 unspecified atom stereocenters. The Balaban J connectivity index is 1.42. The third-order valence-corrected chi connectivity index (χ3v) is 9.00. The van der Waals surface area contributed by atoms with Gasteiger partial charge in [0.1, 0.15) is 6.04 Å². The average molecular weight is 471 g/mol. The molecule has 0 radical (unpaired) electrons. The summed E-state index contributed by atoms with van der Waals surface area (Å²) in [6.45, 7) is 6.52. The molecule has 4 aliphatic rings. The number of piperazine rings is 1. The maximum absolute atomic E-state index is 13.2. The maximum atomic E-state index is 13.2. The number of aliphatic hydroxyl groups excluding tert-OH is 2. The number of hydrogen-bond acceptors (Lipinski definition) is 4. The van der Waals surface area contributed by atoms with Crippen molar-refractivity contribution in [3.05, 3.63) is 23.3 Å². The molecule has 4 fully saturated rings. The zero-order valence-electron chi connectivity index (χ0n) is 20.1. The van der Waals surface area contributed by atoms with E-state index in [1.54, 1.807) is 0 Å². The van der Waals surface area contributed by atoms with Crippen molar-refractivity contribution in [2.24, 2.45) is 23.2 Å². The lowest BCUT2D eigenvalue weighted by molar-refractivity contribution is -0.165. The molecule has 33 heavy (non-hydrogen) atoms. The number of halogens is 3. The summed E-state index contributed by atoms with van der Waals surface area (Å²) in [5.41, 5.74) is 2.81. The van der Waals surface area contributed by atoms with Gasteiger partial charge in [-0.2, -0.15) is 13.2 Å². The van der Waals surface area contributed by atoms with Crippen molar-refractivity contribution in [3.8, 4) is 0 Å². The van der Waals surface area contributed by atoms with Gasteiger partial charge in [-0.3, -0.25) is 4.90 Å². The van der Waals surface area contributed by atoms with E-state index in [2.05, 4.69) is 31.3 Å². The van der Waals surface area contributed by atoms with Crippen LogP contribution in [0.1, 0.15) is 65.2 Å². The molecule has 3 saturated carbocycles. The molecule has 0 bridgehead atoms. The normalized spacial score (nSPS) is 40.6. The van der Waals surface area contributed by atoms with E-state index < -0.39 is 24.4 Å². The molecule has 4 nitrogen and oxygen atoms in total. The highest BCUT2D eigenvalue weighted by molar-refractivity contribution is 5.26. The van der Waals surface area contributed by atoms with Crippen molar-refractivity contribution < 1.29 is 23.4 Å². The van der Waals surface area contributed by atoms with Gasteiger partial charge in [0, 0.05) is 26.2 Å². The topological polar surface area (TPSA) is 55.7 Å². The molecule has 4 rings (SSSR count). The van der Waals surface area contributed by atoms with E-state index >= 15 is 0 Å². The van der Waals surface area contributed by atoms with E-state index in [-0.39, 0.29) is 12.0 Å². The fourth-order valence-corrected chi connectivity index (χ4v) is 7.48. The molecule has 0 amide bonds. The monoisotopic (exact) mass is 470 g/mol. The number of allylic oxidation sites excluding steroid dienone is 3. The van der Waals surface area contributed by atoms with Crippen LogP contribution in [0.5, 0.6) is 0 Å². The molecule has 1 heterocycles. The van der Waals surface area contributed by atoms with Gasteiger partial charge in [-0.1, -0.05) is 37.1 Å². The summed E-state index contributed by atoms with van der Waals surface area (Å²) in [6.07, 6.45) is 6.80. The Morgan fingerprint density at radius 3 is 2.61 bits per heavy atom. The third-order valence-electron chi connectivity index (χ3n) is 9.00. The van der Waals surface area contributed by atoms with Crippen LogP contribution in [0.3, 0.4) is 0 Å². The van der Waals surface area contributed by atoms with Crippen LogP contribution in [0.15, 0.2) is 23.3 Å². The molecule has 0 aromatic heterocycles. The molecule has 1 saturated heterocycles. The van der Waals surface area contributed by atoms with Crippen molar-refractivity contribution in [3.63, 3.8) is 0 Å². The first-order chi connectivity index (χ1) is 15.6. The Morgan fingerprint density at radius 1 is 1.18 bits per heavy atom. The van der Waals surface area contributed by atoms with Crippen LogP contribution in [0.4, 0.5) is 13.2 Å². The smallest absolute Gasteiger partial charge is 0.393 e. The lowest BCUT2D eigenvalue weighted by Crippen LogP contribution is -2.57. The summed E-state index contributed by atoms with van der Waals surface area (Å²) in [5, 5.41) is 22.6. The van der Waals surface area contributed by atoms with E-state index in [4.69, 9.17) is 0 Å². The summed E-state index contributed by atoms with van der Waals surface area (Å²) in [6, 6.07) is -1.42. The highest BCUT2D eigenvalue weighted by atomic mass is 19.4. The molecular weight excluding hydrogens is 429 g/mol. The number of hydrogen-bond donors (Lipinski definition) is 3. The number of fused-ring (bicyclic) bond motifs is 1. The van der Waals surface area contributed by atoms with Gasteiger partial charge in [0.2, 0.25) is 0 Å². The second-order valence-electron chi connectivity index (χ2n) is 11.4. The minimum Gasteiger partial charge on any atom is -0.393 e. The predicted molar refractivity (Wildman–Crippen MR) is 124 cm³/mol.